The number of carbonyl (C=O) groups is 1. The number of hydroxylamine groups is 1. The number of nitrogens with one attached hydrogen (secondary N) is 2. The highest BCUT2D eigenvalue weighted by Gasteiger charge is 2.06. The first kappa shape index (κ1) is 12.1. The summed E-state index contributed by atoms with van der Waals surface area (Å²) in [5.41, 5.74) is 4.27. The van der Waals surface area contributed by atoms with Crippen molar-refractivity contribution in [1.29, 1.82) is 0 Å². The lowest BCUT2D eigenvalue weighted by Crippen LogP contribution is -2.21. The van der Waals surface area contributed by atoms with Gasteiger partial charge in [-0.3, -0.25) is 10.0 Å². The molecule has 0 heterocycles. The van der Waals surface area contributed by atoms with Gasteiger partial charge in [-0.15, -0.1) is 0 Å². The molecule has 0 bridgehead atoms. The average molecular weight is 242 g/mol. The zero-order chi connectivity index (χ0) is 12.8. The normalized spacial score (nSPS) is 9.83. The molecule has 0 aromatic heterocycles. The van der Waals surface area contributed by atoms with E-state index in [4.69, 9.17) is 5.21 Å². The molecule has 0 radical (unpaired) electrons. The Morgan fingerprint density at radius 1 is 1.00 bits per heavy atom. The summed E-state index contributed by atoms with van der Waals surface area (Å²) in [5, 5.41) is 11.8. The molecule has 4 nitrogen and oxygen atoms in total. The number of para-hydroxylation sites is 2. The first-order valence-electron chi connectivity index (χ1n) is 5.62. The zero-order valence-corrected chi connectivity index (χ0v) is 9.76. The van der Waals surface area contributed by atoms with Gasteiger partial charge in [0.15, 0.2) is 0 Å². The third-order valence-electron chi connectivity index (χ3n) is 2.55. The second-order valence-electron chi connectivity index (χ2n) is 3.86. The molecule has 2 aromatic rings. The largest absolute Gasteiger partial charge is 0.355 e. The summed E-state index contributed by atoms with van der Waals surface area (Å²) in [6, 6.07) is 17.2. The van der Waals surface area contributed by atoms with Gasteiger partial charge in [-0.2, -0.15) is 0 Å². The molecule has 4 heteroatoms. The van der Waals surface area contributed by atoms with Crippen molar-refractivity contribution in [3.05, 3.63) is 60.2 Å². The van der Waals surface area contributed by atoms with E-state index in [0.29, 0.717) is 0 Å². The predicted octanol–water partition coefficient (Wildman–Crippen LogP) is 2.48. The Labute approximate surface area is 105 Å². The van der Waals surface area contributed by atoms with Gasteiger partial charge in [-0.25, -0.2) is 5.48 Å². The van der Waals surface area contributed by atoms with Gasteiger partial charge in [-0.05, 0) is 23.8 Å². The summed E-state index contributed by atoms with van der Waals surface area (Å²) in [5.74, 6) is -0.433. The van der Waals surface area contributed by atoms with E-state index in [-0.39, 0.29) is 6.42 Å². The lowest BCUT2D eigenvalue weighted by atomic mass is 10.1. The summed E-state index contributed by atoms with van der Waals surface area (Å²) in [4.78, 5) is 11.2. The summed E-state index contributed by atoms with van der Waals surface area (Å²) in [7, 11) is 0. The summed E-state index contributed by atoms with van der Waals surface area (Å²) >= 11 is 0. The first-order chi connectivity index (χ1) is 8.79. The Balaban J connectivity index is 2.20. The van der Waals surface area contributed by atoms with E-state index in [1.807, 2.05) is 54.6 Å². The maximum absolute atomic E-state index is 11.2. The highest BCUT2D eigenvalue weighted by Crippen LogP contribution is 2.20. The predicted molar refractivity (Wildman–Crippen MR) is 69.8 cm³/mol. The molecule has 0 aliphatic rings. The molecule has 0 spiro atoms. The van der Waals surface area contributed by atoms with Gasteiger partial charge in [0.1, 0.15) is 0 Å². The van der Waals surface area contributed by atoms with Crippen molar-refractivity contribution in [3.8, 4) is 0 Å². The molecule has 92 valence electrons. The molecule has 3 N–H and O–H groups in total. The van der Waals surface area contributed by atoms with E-state index >= 15 is 0 Å². The van der Waals surface area contributed by atoms with Gasteiger partial charge < -0.3 is 5.32 Å². The molecule has 2 aromatic carbocycles. The van der Waals surface area contributed by atoms with Crippen LogP contribution in [0.4, 0.5) is 11.4 Å². The molecule has 18 heavy (non-hydrogen) atoms. The van der Waals surface area contributed by atoms with Crippen molar-refractivity contribution >= 4 is 17.3 Å². The maximum atomic E-state index is 11.2. The highest BCUT2D eigenvalue weighted by molar-refractivity contribution is 5.80. The van der Waals surface area contributed by atoms with Crippen molar-refractivity contribution in [1.82, 2.24) is 5.48 Å². The van der Waals surface area contributed by atoms with E-state index in [2.05, 4.69) is 5.32 Å². The standard InChI is InChI=1S/C14H14N2O2/c17-14(16-18)10-11-6-4-5-9-13(11)15-12-7-2-1-3-8-12/h1-9,15,18H,10H2,(H,16,17). The van der Waals surface area contributed by atoms with E-state index in [9.17, 15) is 4.79 Å². The van der Waals surface area contributed by atoms with Crippen LogP contribution in [-0.4, -0.2) is 11.1 Å². The van der Waals surface area contributed by atoms with Crippen molar-refractivity contribution < 1.29 is 10.0 Å². The quantitative estimate of drug-likeness (QED) is 0.570. The van der Waals surface area contributed by atoms with Crippen LogP contribution < -0.4 is 10.8 Å². The summed E-state index contributed by atoms with van der Waals surface area (Å²) in [6.45, 7) is 0. The molecular weight excluding hydrogens is 228 g/mol. The Morgan fingerprint density at radius 2 is 1.67 bits per heavy atom. The first-order valence-corrected chi connectivity index (χ1v) is 5.62. The molecule has 0 aliphatic carbocycles. The molecule has 0 saturated heterocycles. The minimum atomic E-state index is -0.433. The number of hydrogen-bond donors (Lipinski definition) is 3. The minimum absolute atomic E-state index is 0.131. The zero-order valence-electron chi connectivity index (χ0n) is 9.76. The van der Waals surface area contributed by atoms with Crippen LogP contribution in [0.1, 0.15) is 5.56 Å². The van der Waals surface area contributed by atoms with Gasteiger partial charge >= 0.3 is 0 Å². The number of hydrogen-bond acceptors (Lipinski definition) is 3. The van der Waals surface area contributed by atoms with E-state index in [1.165, 1.54) is 0 Å². The Bertz CT molecular complexity index is 526. The van der Waals surface area contributed by atoms with Gasteiger partial charge in [0, 0.05) is 11.4 Å². The van der Waals surface area contributed by atoms with Gasteiger partial charge in [0.25, 0.3) is 0 Å². The van der Waals surface area contributed by atoms with Gasteiger partial charge in [0.2, 0.25) is 5.91 Å². The highest BCUT2D eigenvalue weighted by atomic mass is 16.5. The van der Waals surface area contributed by atoms with Crippen molar-refractivity contribution in [2.75, 3.05) is 5.32 Å². The molecule has 0 saturated carbocycles. The van der Waals surface area contributed by atoms with Crippen LogP contribution in [0.5, 0.6) is 0 Å². The smallest absolute Gasteiger partial charge is 0.247 e. The van der Waals surface area contributed by atoms with Crippen LogP contribution in [0.3, 0.4) is 0 Å². The lowest BCUT2D eigenvalue weighted by molar-refractivity contribution is -0.128. The van der Waals surface area contributed by atoms with Gasteiger partial charge in [-0.1, -0.05) is 36.4 Å². The molecule has 0 unspecified atom stereocenters. The monoisotopic (exact) mass is 242 g/mol. The number of carbonyl (C=O) groups excluding carboxylic acids is 1. The Hall–Kier alpha value is -2.33. The summed E-state index contributed by atoms with van der Waals surface area (Å²) in [6.07, 6.45) is 0.131. The second-order valence-corrected chi connectivity index (χ2v) is 3.86. The maximum Gasteiger partial charge on any atom is 0.247 e. The molecule has 0 aliphatic heterocycles. The average Bonchev–Trinajstić information content (AvgIpc) is 2.42. The summed E-state index contributed by atoms with van der Waals surface area (Å²) < 4.78 is 0. The van der Waals surface area contributed by atoms with Crippen molar-refractivity contribution in [3.63, 3.8) is 0 Å². The van der Waals surface area contributed by atoms with Crippen LogP contribution in [0.2, 0.25) is 0 Å². The van der Waals surface area contributed by atoms with Crippen LogP contribution in [-0.2, 0) is 11.2 Å². The Kier molecular flexibility index (Phi) is 3.94. The van der Waals surface area contributed by atoms with E-state index < -0.39 is 5.91 Å². The van der Waals surface area contributed by atoms with E-state index in [0.717, 1.165) is 16.9 Å². The fourth-order valence-electron chi connectivity index (χ4n) is 1.69. The van der Waals surface area contributed by atoms with Crippen molar-refractivity contribution in [2.24, 2.45) is 0 Å². The van der Waals surface area contributed by atoms with E-state index in [1.54, 1.807) is 5.48 Å². The lowest BCUT2D eigenvalue weighted by Gasteiger charge is -2.11. The molecular formula is C14H14N2O2. The number of benzene rings is 2. The SMILES string of the molecule is O=C(Cc1ccccc1Nc1ccccc1)NO. The van der Waals surface area contributed by atoms with Crippen LogP contribution >= 0.6 is 0 Å². The topological polar surface area (TPSA) is 61.4 Å². The number of amides is 1. The third kappa shape index (κ3) is 3.09. The molecule has 2 rings (SSSR count). The minimum Gasteiger partial charge on any atom is -0.355 e. The van der Waals surface area contributed by atoms with Crippen LogP contribution in [0.25, 0.3) is 0 Å². The van der Waals surface area contributed by atoms with Crippen LogP contribution in [0, 0.1) is 0 Å². The fraction of sp³-hybridized carbons (Fsp3) is 0.0714. The van der Waals surface area contributed by atoms with Gasteiger partial charge in [0.05, 0.1) is 6.42 Å². The Morgan fingerprint density at radius 3 is 2.39 bits per heavy atom. The molecule has 0 fully saturated rings. The second kappa shape index (κ2) is 5.84. The number of rotatable bonds is 4. The van der Waals surface area contributed by atoms with Crippen LogP contribution in [0.15, 0.2) is 54.6 Å². The molecule has 1 amide bonds. The third-order valence-corrected chi connectivity index (χ3v) is 2.55. The van der Waals surface area contributed by atoms with Crippen molar-refractivity contribution in [2.45, 2.75) is 6.42 Å². The fourth-order valence-corrected chi connectivity index (χ4v) is 1.69. The molecule has 0 atom stereocenters. The number of anilines is 2.